The van der Waals surface area contributed by atoms with E-state index in [9.17, 15) is 23.6 Å². The number of thiol groups is 1. The van der Waals surface area contributed by atoms with Gasteiger partial charge in [-0.15, -0.1) is 0 Å². The lowest BCUT2D eigenvalue weighted by molar-refractivity contribution is -0.138. The summed E-state index contributed by atoms with van der Waals surface area (Å²) in [7, 11) is 0. The number of hydrogen-bond acceptors (Lipinski definition) is 6. The predicted octanol–water partition coefficient (Wildman–Crippen LogP) is -1.79. The van der Waals surface area contributed by atoms with Crippen LogP contribution in [-0.4, -0.2) is 53.3 Å². The first kappa shape index (κ1) is 18.3. The summed E-state index contributed by atoms with van der Waals surface area (Å²) >= 11 is 3.84. The molecule has 0 aromatic heterocycles. The van der Waals surface area contributed by atoms with Crippen molar-refractivity contribution >= 4 is 36.4 Å². The Morgan fingerprint density at radius 1 is 1.30 bits per heavy atom. The quantitative estimate of drug-likeness (QED) is 0.252. The molecule has 0 fully saturated rings. The van der Waals surface area contributed by atoms with E-state index in [2.05, 4.69) is 17.9 Å². The molecule has 0 rings (SSSR count). The summed E-state index contributed by atoms with van der Waals surface area (Å²) < 4.78 is 11.9. The van der Waals surface area contributed by atoms with Crippen LogP contribution < -0.4 is 16.4 Å². The smallest absolute Gasteiger partial charge is 0.320 e. The Bertz CT molecular complexity index is 393. The number of nitrogens with one attached hydrogen (secondary N) is 2. The number of nitrogens with two attached hydrogens (primary N) is 1. The molecule has 0 saturated heterocycles. The molecule has 0 aliphatic heterocycles. The molecule has 0 saturated carbocycles. The van der Waals surface area contributed by atoms with Gasteiger partial charge in [-0.25, -0.2) is 0 Å². The van der Waals surface area contributed by atoms with E-state index in [4.69, 9.17) is 10.8 Å². The van der Waals surface area contributed by atoms with Gasteiger partial charge >= 0.3 is 12.0 Å². The summed E-state index contributed by atoms with van der Waals surface area (Å²) in [5.74, 6) is -2.66. The molecule has 20 heavy (non-hydrogen) atoms. The first-order chi connectivity index (χ1) is 9.27. The number of carbonyl (C=O) groups excluding carboxylic acids is 3. The van der Waals surface area contributed by atoms with Gasteiger partial charge in [0.15, 0.2) is 0 Å². The molecule has 0 aliphatic rings. The average molecular weight is 309 g/mol. The van der Waals surface area contributed by atoms with Crippen LogP contribution in [0.3, 0.4) is 0 Å². The fourth-order valence-electron chi connectivity index (χ4n) is 1.15. The highest BCUT2D eigenvalue weighted by Crippen LogP contribution is 1.97. The molecule has 0 bridgehead atoms. The van der Waals surface area contributed by atoms with Crippen LogP contribution in [0.4, 0.5) is 4.39 Å². The third-order valence-corrected chi connectivity index (χ3v) is 2.60. The molecule has 2 atom stereocenters. The van der Waals surface area contributed by atoms with E-state index in [1.165, 1.54) is 0 Å². The van der Waals surface area contributed by atoms with Gasteiger partial charge in [-0.1, -0.05) is 0 Å². The van der Waals surface area contributed by atoms with Crippen molar-refractivity contribution in [1.82, 2.24) is 10.6 Å². The fourth-order valence-corrected chi connectivity index (χ4v) is 1.41. The maximum absolute atomic E-state index is 11.9. The van der Waals surface area contributed by atoms with E-state index in [0.29, 0.717) is 0 Å². The van der Waals surface area contributed by atoms with E-state index in [0.717, 1.165) is 0 Å². The molecular formula is C10H16FN3O5S. The van der Waals surface area contributed by atoms with E-state index in [1.54, 1.807) is 0 Å². The van der Waals surface area contributed by atoms with Gasteiger partial charge in [-0.3, -0.25) is 19.2 Å². The zero-order valence-electron chi connectivity index (χ0n) is 10.5. The van der Waals surface area contributed by atoms with Gasteiger partial charge in [0.05, 0.1) is 0 Å². The largest absolute Gasteiger partial charge is 0.480 e. The lowest BCUT2D eigenvalue weighted by Crippen LogP contribution is -2.49. The van der Waals surface area contributed by atoms with Crippen molar-refractivity contribution in [3.63, 3.8) is 0 Å². The maximum atomic E-state index is 11.9. The van der Waals surface area contributed by atoms with Gasteiger partial charge in [0.2, 0.25) is 11.8 Å². The molecule has 0 aromatic rings. The van der Waals surface area contributed by atoms with Crippen LogP contribution >= 0.6 is 12.6 Å². The number of aliphatic carboxylic acids is 1. The second-order valence-electron chi connectivity index (χ2n) is 3.86. The normalized spacial score (nSPS) is 13.2. The molecule has 0 radical (unpaired) electrons. The van der Waals surface area contributed by atoms with Crippen molar-refractivity contribution in [2.75, 3.05) is 12.3 Å². The molecule has 0 aromatic carbocycles. The van der Waals surface area contributed by atoms with E-state index in [1.807, 2.05) is 5.32 Å². The summed E-state index contributed by atoms with van der Waals surface area (Å²) in [5, 5.41) is 12.8. The van der Waals surface area contributed by atoms with Crippen molar-refractivity contribution in [1.29, 1.82) is 0 Å². The zero-order valence-corrected chi connectivity index (χ0v) is 11.4. The first-order valence-electron chi connectivity index (χ1n) is 5.62. The van der Waals surface area contributed by atoms with Crippen molar-refractivity contribution in [2.45, 2.75) is 24.9 Å². The van der Waals surface area contributed by atoms with Gasteiger partial charge < -0.3 is 21.5 Å². The van der Waals surface area contributed by atoms with E-state index < -0.39 is 42.4 Å². The van der Waals surface area contributed by atoms with Gasteiger partial charge in [0, 0.05) is 12.2 Å². The summed E-state index contributed by atoms with van der Waals surface area (Å²) in [5.41, 5.74) is 5.22. The second kappa shape index (κ2) is 9.26. The summed E-state index contributed by atoms with van der Waals surface area (Å²) in [4.78, 5) is 43.4. The molecule has 5 N–H and O–H groups in total. The van der Waals surface area contributed by atoms with Crippen LogP contribution in [0.1, 0.15) is 12.8 Å². The Labute approximate surface area is 119 Å². The highest BCUT2D eigenvalue weighted by atomic mass is 32.1. The van der Waals surface area contributed by atoms with Crippen molar-refractivity contribution < 1.29 is 28.7 Å². The minimum Gasteiger partial charge on any atom is -0.480 e. The van der Waals surface area contributed by atoms with Gasteiger partial charge in [0.1, 0.15) is 18.6 Å². The van der Waals surface area contributed by atoms with Gasteiger partial charge in [-0.2, -0.15) is 17.0 Å². The Morgan fingerprint density at radius 2 is 1.90 bits per heavy atom. The van der Waals surface area contributed by atoms with Gasteiger partial charge in [-0.05, 0) is 6.42 Å². The van der Waals surface area contributed by atoms with Crippen LogP contribution in [0, 0.1) is 0 Å². The standard InChI is InChI=1S/C10H16FN3O5S/c11-7(15)3-13-9(17)6(4-20)14-8(16)2-1-5(12)10(18)19/h5-6,20H,1-4,12H2,(H,13,17)(H,14,16)(H,18,19). The number of carbonyl (C=O) groups is 4. The SMILES string of the molecule is NC(CCC(=O)NC(CS)C(=O)NCC(=O)F)C(=O)O. The Kier molecular flexibility index (Phi) is 8.48. The molecule has 0 heterocycles. The van der Waals surface area contributed by atoms with Crippen molar-refractivity contribution in [3.8, 4) is 0 Å². The molecule has 0 spiro atoms. The van der Waals surface area contributed by atoms with Crippen molar-refractivity contribution in [2.24, 2.45) is 5.73 Å². The Balaban J connectivity index is 4.21. The molecule has 2 amide bonds. The fraction of sp³-hybridized carbons (Fsp3) is 0.600. The molecule has 10 heteroatoms. The van der Waals surface area contributed by atoms with Crippen LogP contribution in [0.25, 0.3) is 0 Å². The highest BCUT2D eigenvalue weighted by molar-refractivity contribution is 7.80. The molecule has 2 unspecified atom stereocenters. The van der Waals surface area contributed by atoms with E-state index >= 15 is 0 Å². The Morgan fingerprint density at radius 3 is 2.35 bits per heavy atom. The Hall–Kier alpha value is -1.68. The first-order valence-corrected chi connectivity index (χ1v) is 6.25. The molecular weight excluding hydrogens is 293 g/mol. The number of carboxylic acid groups (broad SMARTS) is 1. The number of rotatable bonds is 9. The van der Waals surface area contributed by atoms with Crippen LogP contribution in [0.15, 0.2) is 0 Å². The third-order valence-electron chi connectivity index (χ3n) is 2.24. The lowest BCUT2D eigenvalue weighted by Gasteiger charge is -2.16. The van der Waals surface area contributed by atoms with Gasteiger partial charge in [0.25, 0.3) is 0 Å². The predicted molar refractivity (Wildman–Crippen MR) is 69.8 cm³/mol. The third kappa shape index (κ3) is 7.69. The molecule has 8 nitrogen and oxygen atoms in total. The topological polar surface area (TPSA) is 139 Å². The molecule has 114 valence electrons. The summed E-state index contributed by atoms with van der Waals surface area (Å²) in [6.45, 7) is -0.789. The second-order valence-corrected chi connectivity index (χ2v) is 4.22. The minimum atomic E-state index is -1.71. The lowest BCUT2D eigenvalue weighted by atomic mass is 10.1. The number of halogens is 1. The number of carboxylic acids is 1. The summed E-state index contributed by atoms with van der Waals surface area (Å²) in [6.07, 6.45) is -0.280. The van der Waals surface area contributed by atoms with E-state index in [-0.39, 0.29) is 18.6 Å². The zero-order chi connectivity index (χ0) is 15.7. The van der Waals surface area contributed by atoms with Crippen LogP contribution in [-0.2, 0) is 19.2 Å². The van der Waals surface area contributed by atoms with Crippen LogP contribution in [0.5, 0.6) is 0 Å². The minimum absolute atomic E-state index is 0.0664. The maximum Gasteiger partial charge on any atom is 0.320 e. The number of hydrogen-bond donors (Lipinski definition) is 5. The average Bonchev–Trinajstić information content (AvgIpc) is 2.38. The highest BCUT2D eigenvalue weighted by Gasteiger charge is 2.20. The monoisotopic (exact) mass is 309 g/mol. The summed E-state index contributed by atoms with van der Waals surface area (Å²) in [6, 6.07) is -3.94. The number of amides is 2. The van der Waals surface area contributed by atoms with Crippen LogP contribution in [0.2, 0.25) is 0 Å². The molecule has 0 aliphatic carbocycles. The van der Waals surface area contributed by atoms with Crippen molar-refractivity contribution in [3.05, 3.63) is 0 Å².